The molecule has 4 fully saturated rings. The van der Waals surface area contributed by atoms with Crippen molar-refractivity contribution in [3.05, 3.63) is 203 Å². The first-order valence-corrected chi connectivity index (χ1v) is 41.0. The van der Waals surface area contributed by atoms with E-state index in [-0.39, 0.29) is 53.5 Å². The van der Waals surface area contributed by atoms with Crippen LogP contribution in [0.5, 0.6) is 0 Å². The van der Waals surface area contributed by atoms with Crippen molar-refractivity contribution in [2.45, 2.75) is 183 Å². The first-order valence-electron chi connectivity index (χ1n) is 37.5. The van der Waals surface area contributed by atoms with Gasteiger partial charge in [0.15, 0.2) is 0 Å². The molecule has 0 unspecified atom stereocenters. The topological polar surface area (TPSA) is 319 Å². The Balaban J connectivity index is 0.000000146. The predicted molar refractivity (Wildman–Crippen MR) is 452 cm³/mol. The van der Waals surface area contributed by atoms with Gasteiger partial charge in [0.1, 0.15) is 51.5 Å². The van der Waals surface area contributed by atoms with E-state index in [1.165, 1.54) is 12.7 Å². The van der Waals surface area contributed by atoms with E-state index in [1.807, 2.05) is 98.9 Å². The molecular formula is C83H94Br4ClN15O9. The van der Waals surface area contributed by atoms with Crippen molar-refractivity contribution < 1.29 is 42.3 Å². The summed E-state index contributed by atoms with van der Waals surface area (Å²) < 4.78 is 19.6. The number of hydrogen-bond acceptors (Lipinski definition) is 19. The van der Waals surface area contributed by atoms with E-state index >= 15 is 0 Å². The summed E-state index contributed by atoms with van der Waals surface area (Å²) in [7, 11) is 4.95. The Kier molecular flexibility index (Phi) is 28.6. The molecule has 590 valence electrons. The van der Waals surface area contributed by atoms with Crippen LogP contribution in [-0.2, 0) is 78.1 Å². The molecule has 0 atom stereocenters. The molecule has 10 heterocycles. The number of rotatable bonds is 13. The third-order valence-corrected chi connectivity index (χ3v) is 23.9. The zero-order valence-electron chi connectivity index (χ0n) is 63.3. The van der Waals surface area contributed by atoms with Crippen LogP contribution in [0.2, 0.25) is 0 Å². The van der Waals surface area contributed by atoms with Gasteiger partial charge in [0.25, 0.3) is 0 Å². The van der Waals surface area contributed by atoms with Gasteiger partial charge < -0.3 is 45.1 Å². The van der Waals surface area contributed by atoms with Gasteiger partial charge in [-0.15, -0.1) is 12.4 Å². The zero-order chi connectivity index (χ0) is 78.5. The number of nitrogens with zero attached hydrogens (tertiary/aromatic N) is 7. The number of hydrogen-bond donors (Lipinski definition) is 8. The van der Waals surface area contributed by atoms with Gasteiger partial charge in [-0.3, -0.25) is 55.0 Å². The van der Waals surface area contributed by atoms with Crippen LogP contribution in [0, 0.1) is 13.8 Å². The van der Waals surface area contributed by atoms with E-state index in [0.29, 0.717) is 62.5 Å². The fraction of sp³-hybridized carbons (Fsp3) is 0.386. The summed E-state index contributed by atoms with van der Waals surface area (Å²) in [5.41, 5.74) is 14.3. The SMILES string of the molecule is BrCc1cncc(Br)c1.COC(=O)C1(NCc2cc(Br)cnc2N)CCCC1.Cc1c(CN(C)C(=O)/C=C/c2cnc3c(c2)CNC2(CCCC2)C(=O)N3)oc2ccccc12.Cc1c(CN(C)C(=O)/C=C/c2cnc3c(c2)CNC2(CCCC2)C(=O)N3)oc2ccccc12.Cl.O=C1Nc2ncc(Br)cc2CNC12CCCC2. The van der Waals surface area contributed by atoms with E-state index < -0.39 is 16.6 Å². The van der Waals surface area contributed by atoms with Gasteiger partial charge in [-0.05, 0) is 184 Å². The maximum absolute atomic E-state index is 12.7. The zero-order valence-corrected chi connectivity index (χ0v) is 70.5. The Morgan fingerprint density at radius 1 is 0.554 bits per heavy atom. The molecule has 9 N–H and O–H groups in total. The van der Waals surface area contributed by atoms with Gasteiger partial charge in [0.2, 0.25) is 29.5 Å². The largest absolute Gasteiger partial charge is 0.468 e. The van der Waals surface area contributed by atoms with Crippen molar-refractivity contribution in [1.29, 1.82) is 0 Å². The van der Waals surface area contributed by atoms with Crippen molar-refractivity contribution >= 4 is 169 Å². The number of benzene rings is 2. The van der Waals surface area contributed by atoms with E-state index in [0.717, 1.165) is 199 Å². The molecule has 7 aliphatic rings. The lowest BCUT2D eigenvalue weighted by Crippen LogP contribution is -2.50. The molecule has 4 aliphatic carbocycles. The second-order valence-electron chi connectivity index (χ2n) is 29.3. The minimum atomic E-state index is -0.566. The number of nitrogens with two attached hydrogens (primary N) is 1. The number of carbonyl (C=O) groups is 6. The number of likely N-dealkylation sites (N-methyl/N-ethyl adjacent to an activating group) is 2. The summed E-state index contributed by atoms with van der Waals surface area (Å²) in [6, 6.07) is 25.6. The van der Waals surface area contributed by atoms with Crippen LogP contribution >= 0.6 is 76.1 Å². The number of aryl methyl sites for hydroxylation is 2. The maximum Gasteiger partial charge on any atom is 0.326 e. The highest BCUT2D eigenvalue weighted by atomic mass is 79.9. The van der Waals surface area contributed by atoms with Gasteiger partial charge in [0.05, 0.1) is 36.8 Å². The van der Waals surface area contributed by atoms with Gasteiger partial charge in [0, 0.05) is 153 Å². The summed E-state index contributed by atoms with van der Waals surface area (Å²) >= 11 is 13.4. The summed E-state index contributed by atoms with van der Waals surface area (Å²) in [5.74, 6) is 3.58. The number of anilines is 4. The summed E-state index contributed by atoms with van der Waals surface area (Å²) in [6.07, 6.45) is 32.3. The molecule has 29 heteroatoms. The first-order chi connectivity index (χ1) is 53.5. The standard InChI is InChI=1S/2C26H28N4O3.C13H18BrN3O2.C12H14BrN3O.C6H5Br2N.ClH/c2*1-17-20-7-3-4-8-21(20)33-22(17)16-30(2)23(31)10-9-18-13-19-15-28-26(11-5-6-12-26)25(32)29-24(19)27-14-18;1-19-12(18)13(4-2-3-5-13)17-7-9-6-10(14)8-16-11(9)15;13-9-5-8-6-15-12(3-1-2-4-12)11(17)16-10(8)14-7-9;7-2-5-1-6(8)4-9-3-5;/h2*3-4,7-10,13-14,28H,5-6,11-12,15-16H2,1-2H3,(H,27,29,32);6,8,17H,2-5,7H2,1H3,(H2,15,16);5,7,15H,1-4,6H2,(H,14,16,17);1,3-4H,2H2;1H/b2*10-9+;;;;. The molecule has 112 heavy (non-hydrogen) atoms. The monoisotopic (exact) mass is 1800 g/mol. The van der Waals surface area contributed by atoms with Gasteiger partial charge in [-0.25, -0.2) is 19.9 Å². The number of para-hydroxylation sites is 2. The number of nitrogen functional groups attached to an aromatic ring is 1. The smallest absolute Gasteiger partial charge is 0.326 e. The van der Waals surface area contributed by atoms with Gasteiger partial charge >= 0.3 is 5.97 Å². The quantitative estimate of drug-likeness (QED) is 0.0302. The third kappa shape index (κ3) is 20.1. The Labute approximate surface area is 691 Å². The summed E-state index contributed by atoms with van der Waals surface area (Å²) in [5, 5.41) is 25.6. The van der Waals surface area contributed by atoms with Crippen molar-refractivity contribution in [1.82, 2.24) is 56.0 Å². The second-order valence-corrected chi connectivity index (χ2v) is 32.6. The minimum Gasteiger partial charge on any atom is -0.468 e. The van der Waals surface area contributed by atoms with Crippen LogP contribution in [0.3, 0.4) is 0 Å². The number of nitrogens with one attached hydrogen (secondary N) is 7. The van der Waals surface area contributed by atoms with Crippen molar-refractivity contribution in [3.8, 4) is 0 Å². The fourth-order valence-electron chi connectivity index (χ4n) is 15.3. The van der Waals surface area contributed by atoms with Crippen LogP contribution in [0.4, 0.5) is 23.3 Å². The number of amides is 5. The van der Waals surface area contributed by atoms with E-state index in [1.54, 1.807) is 79.2 Å². The highest BCUT2D eigenvalue weighted by Crippen LogP contribution is 2.39. The molecule has 4 saturated carbocycles. The number of methoxy groups -OCH3 is 1. The van der Waals surface area contributed by atoms with E-state index in [4.69, 9.17) is 19.3 Å². The number of alkyl halides is 1. The number of fused-ring (bicyclic) bond motifs is 5. The van der Waals surface area contributed by atoms with Crippen LogP contribution < -0.4 is 43.0 Å². The lowest BCUT2D eigenvalue weighted by molar-refractivity contribution is -0.148. The average molecular weight is 1800 g/mol. The molecule has 0 bridgehead atoms. The highest BCUT2D eigenvalue weighted by Gasteiger charge is 2.46. The number of carbonyl (C=O) groups excluding carboxylic acids is 6. The Morgan fingerprint density at radius 2 is 0.955 bits per heavy atom. The molecule has 3 spiro atoms. The van der Waals surface area contributed by atoms with Crippen LogP contribution in [-0.4, -0.2) is 114 Å². The van der Waals surface area contributed by atoms with Crippen molar-refractivity contribution in [2.24, 2.45) is 0 Å². The number of ether oxygens (including phenoxy) is 1. The van der Waals surface area contributed by atoms with Crippen molar-refractivity contribution in [3.63, 3.8) is 0 Å². The summed E-state index contributed by atoms with van der Waals surface area (Å²) in [4.78, 5) is 99.6. The lowest BCUT2D eigenvalue weighted by atomic mass is 9.97. The minimum absolute atomic E-state index is 0. The number of pyridine rings is 5. The number of halogens is 5. The third-order valence-electron chi connectivity index (χ3n) is 21.9. The molecular weight excluding hydrogens is 1710 g/mol. The molecule has 3 aliphatic heterocycles. The van der Waals surface area contributed by atoms with Gasteiger partial charge in [-0.2, -0.15) is 0 Å². The Morgan fingerprint density at radius 3 is 1.38 bits per heavy atom. The van der Waals surface area contributed by atoms with Gasteiger partial charge in [-0.1, -0.05) is 104 Å². The molecule has 9 aromatic rings. The molecule has 7 aromatic heterocycles. The van der Waals surface area contributed by atoms with Crippen LogP contribution in [0.1, 0.15) is 164 Å². The molecule has 16 rings (SSSR count). The molecule has 0 radical (unpaired) electrons. The maximum atomic E-state index is 12.7. The van der Waals surface area contributed by atoms with Crippen LogP contribution in [0.25, 0.3) is 34.1 Å². The van der Waals surface area contributed by atoms with E-state index in [2.05, 4.69) is 126 Å². The second kappa shape index (κ2) is 38.0. The lowest BCUT2D eigenvalue weighted by Gasteiger charge is -2.27. The van der Waals surface area contributed by atoms with Crippen LogP contribution in [0.15, 0.2) is 150 Å². The first kappa shape index (κ1) is 84.3. The Bertz CT molecular complexity index is 4770. The molecule has 24 nitrogen and oxygen atoms in total. The van der Waals surface area contributed by atoms with E-state index in [9.17, 15) is 28.8 Å². The van der Waals surface area contributed by atoms with Crippen molar-refractivity contribution in [2.75, 3.05) is 42.9 Å². The highest BCUT2D eigenvalue weighted by molar-refractivity contribution is 9.11. The molecule has 2 aromatic carbocycles. The summed E-state index contributed by atoms with van der Waals surface area (Å²) in [6.45, 7) is 7.16. The Hall–Kier alpha value is -8.58. The normalized spacial score (nSPS) is 17.3. The average Bonchev–Trinajstić information content (AvgIpc) is 1.63. The number of furan rings is 2. The number of aromatic nitrogens is 5. The fourth-order valence-corrected chi connectivity index (χ4v) is 16.8. The predicted octanol–water partition coefficient (Wildman–Crippen LogP) is 15.7. The molecule has 5 amide bonds. The number of esters is 1. The molecule has 0 saturated heterocycles.